The number of carbonyl (C=O) groups is 9. The van der Waals surface area contributed by atoms with E-state index >= 15 is 0 Å². The molecule has 5 aliphatic heterocycles. The third kappa shape index (κ3) is 20.2. The molecule has 30 heteroatoms. The molecule has 4 aromatic carbocycles. The SMILES string of the molecule is C=CCOC(=O)N1c2cc(OCCCC(=O)Nc3cc(C(=O)Nc4ccc(-c5cc(C(=O)Nc6cccnc6)n(C)c5)cc4)n(C)c3)c(C)cc2C(=O)N2CCCC[C@H]2C1OC1CCCCO1.Cc1cc2c(cc1OCCCC(=O)Nc1cc(C(=O)Nc3ccc(-c4cc(C(=O)Nc5cccnc5)n(C)c4)cc3)n(C)c1)N=C[C@@H]1CCCCN1C2=O. The van der Waals surface area contributed by atoms with Gasteiger partial charge in [-0.3, -0.25) is 53.3 Å². The Hall–Kier alpha value is -13.7. The van der Waals surface area contributed by atoms with Gasteiger partial charge >= 0.3 is 6.09 Å². The van der Waals surface area contributed by atoms with E-state index in [-0.39, 0.29) is 79.4 Å². The minimum absolute atomic E-state index is 0.0128. The van der Waals surface area contributed by atoms with Crippen LogP contribution in [0.3, 0.4) is 0 Å². The Morgan fingerprint density at radius 1 is 0.512 bits per heavy atom. The fraction of sp³-hybridized carbons (Fsp3) is 0.319. The topological polar surface area (TPSA) is 340 Å². The molecule has 10 aromatic rings. The van der Waals surface area contributed by atoms with Crippen LogP contribution >= 0.6 is 0 Å². The summed E-state index contributed by atoms with van der Waals surface area (Å²) >= 11 is 0. The summed E-state index contributed by atoms with van der Waals surface area (Å²) in [6, 6.07) is 35.3. The highest BCUT2D eigenvalue weighted by atomic mass is 16.7. The number of anilines is 7. The maximum absolute atomic E-state index is 14.2. The normalized spacial score (nSPS) is 16.6. The summed E-state index contributed by atoms with van der Waals surface area (Å²) < 4.78 is 37.2. The van der Waals surface area contributed by atoms with Gasteiger partial charge in [0.2, 0.25) is 11.8 Å². The first-order valence-electron chi connectivity index (χ1n) is 40.7. The first kappa shape index (κ1) is 83.7. The second-order valence-corrected chi connectivity index (χ2v) is 30.6. The molecule has 4 atom stereocenters. The molecule has 30 nitrogen and oxygen atoms in total. The van der Waals surface area contributed by atoms with Gasteiger partial charge in [-0.25, -0.2) is 9.69 Å². The highest BCUT2D eigenvalue weighted by Gasteiger charge is 2.47. The van der Waals surface area contributed by atoms with E-state index in [1.54, 1.807) is 155 Å². The van der Waals surface area contributed by atoms with Crippen molar-refractivity contribution >= 4 is 105 Å². The zero-order valence-electron chi connectivity index (χ0n) is 68.5. The van der Waals surface area contributed by atoms with Crippen molar-refractivity contribution in [2.24, 2.45) is 33.2 Å². The Bertz CT molecular complexity index is 5530. The van der Waals surface area contributed by atoms with Crippen LogP contribution in [-0.4, -0.2) is 162 Å². The van der Waals surface area contributed by atoms with Crippen LogP contribution < -0.4 is 46.3 Å². The standard InChI is InChI=1S/C50H56N8O9.C41H42N8O5/c1-5-22-66-50(63)58-40-28-43(32(2)25-38(40)48(62)57-21-8-6-13-39(57)49(58)67-45-15-7-9-23-65-45)64-24-11-14-44(59)52-37-27-42(56(4)31-37)47(61)53-35-18-16-33(17-19-35)34-26-41(55(3)30-34)46(60)54-36-12-10-20-51-29-36;1-26-18-33-34(43-23-32-9-4-5-16-49(32)41(33)53)21-37(26)54-17-7-10-38(50)44-31-20-36(48(3)25-31)40(52)45-29-13-11-27(12-14-29)28-19-35(47(2)24-28)39(51)46-30-8-6-15-42-22-30/h5,10,12,16-20,25-31,39,45,49H,1,6-9,11,13-15,21-24H2,2-4H3,(H,52,59)(H,53,61)(H,54,60);6,8,11-15,18-25,32H,4-5,7,9-10,16-17H2,1-3H3,(H,44,50)(H,45,52)(H,46,51)/t39-,45?,49?;32-/m00/s1. The summed E-state index contributed by atoms with van der Waals surface area (Å²) in [5, 5.41) is 17.3. The number of pyridine rings is 2. The number of aryl methyl sites for hydroxylation is 6. The molecule has 3 saturated heterocycles. The Balaban J connectivity index is 0.000000202. The number of hydrogen-bond donors (Lipinski definition) is 6. The molecule has 6 N–H and O–H groups in total. The van der Waals surface area contributed by atoms with Crippen molar-refractivity contribution in [2.45, 2.75) is 122 Å². The first-order chi connectivity index (χ1) is 58.6. The van der Waals surface area contributed by atoms with Crippen LogP contribution in [0.2, 0.25) is 0 Å². The second kappa shape index (κ2) is 38.3. The van der Waals surface area contributed by atoms with Crippen LogP contribution in [0.5, 0.6) is 11.5 Å². The van der Waals surface area contributed by atoms with Gasteiger partial charge < -0.3 is 83.7 Å². The summed E-state index contributed by atoms with van der Waals surface area (Å²) in [6.07, 6.45) is 23.9. The van der Waals surface area contributed by atoms with Gasteiger partial charge in [0.15, 0.2) is 12.5 Å². The predicted molar refractivity (Wildman–Crippen MR) is 460 cm³/mol. The molecule has 0 aliphatic carbocycles. The lowest BCUT2D eigenvalue weighted by Crippen LogP contribution is -2.57. The van der Waals surface area contributed by atoms with Gasteiger partial charge in [0.1, 0.15) is 40.9 Å². The van der Waals surface area contributed by atoms with Crippen molar-refractivity contribution in [1.82, 2.24) is 38.0 Å². The zero-order valence-corrected chi connectivity index (χ0v) is 68.5. The summed E-state index contributed by atoms with van der Waals surface area (Å²) in [7, 11) is 7.07. The van der Waals surface area contributed by atoms with Gasteiger partial charge in [-0.2, -0.15) is 0 Å². The fourth-order valence-corrected chi connectivity index (χ4v) is 15.5. The summed E-state index contributed by atoms with van der Waals surface area (Å²) in [5.41, 5.74) is 11.9. The highest BCUT2D eigenvalue weighted by molar-refractivity contribution is 6.09. The number of fused-ring (bicyclic) bond motifs is 4. The number of carbonyl (C=O) groups excluding carboxylic acids is 9. The number of nitrogens with zero attached hydrogens (tertiary/aromatic N) is 10. The molecular formula is C91H98N16O14. The third-order valence-corrected chi connectivity index (χ3v) is 21.8. The van der Waals surface area contributed by atoms with E-state index in [1.165, 1.54) is 11.0 Å². The minimum Gasteiger partial charge on any atom is -0.493 e. The van der Waals surface area contributed by atoms with Gasteiger partial charge in [-0.1, -0.05) is 36.9 Å². The van der Waals surface area contributed by atoms with Gasteiger partial charge in [-0.15, -0.1) is 0 Å². The van der Waals surface area contributed by atoms with Crippen LogP contribution in [0.4, 0.5) is 50.3 Å². The number of amides is 9. The molecule has 626 valence electrons. The molecule has 3 fully saturated rings. The number of aliphatic imine (C=N–C) groups is 1. The third-order valence-electron chi connectivity index (χ3n) is 21.8. The molecule has 0 radical (unpaired) electrons. The lowest BCUT2D eigenvalue weighted by Gasteiger charge is -2.42. The van der Waals surface area contributed by atoms with E-state index in [1.807, 2.05) is 91.8 Å². The van der Waals surface area contributed by atoms with Crippen LogP contribution in [0, 0.1) is 13.8 Å². The molecule has 0 spiro atoms. The van der Waals surface area contributed by atoms with Crippen LogP contribution in [0.25, 0.3) is 22.3 Å². The van der Waals surface area contributed by atoms with Gasteiger partial charge in [0.25, 0.3) is 35.4 Å². The number of benzene rings is 4. The molecule has 0 bridgehead atoms. The number of rotatable bonds is 26. The second-order valence-electron chi connectivity index (χ2n) is 30.6. The molecule has 121 heavy (non-hydrogen) atoms. The van der Waals surface area contributed by atoms with E-state index in [4.69, 9.17) is 23.7 Å². The Labute approximate surface area is 700 Å². The number of hydrogen-bond acceptors (Lipinski definition) is 17. The van der Waals surface area contributed by atoms with Crippen LogP contribution in [0.15, 0.2) is 189 Å². The average Bonchev–Trinajstić information content (AvgIpc) is 1.58. The first-order valence-corrected chi connectivity index (χ1v) is 40.7. The van der Waals surface area contributed by atoms with E-state index in [2.05, 4.69) is 53.4 Å². The molecular weight excluding hydrogens is 1540 g/mol. The average molecular weight is 1640 g/mol. The molecule has 2 unspecified atom stereocenters. The lowest BCUT2D eigenvalue weighted by atomic mass is 10.00. The molecule has 6 aromatic heterocycles. The quantitative estimate of drug-likeness (QED) is 0.0217. The zero-order chi connectivity index (χ0) is 84.8. The summed E-state index contributed by atoms with van der Waals surface area (Å²) in [4.78, 5) is 137. The Morgan fingerprint density at radius 2 is 1.00 bits per heavy atom. The smallest absolute Gasteiger partial charge is 0.416 e. The predicted octanol–water partition coefficient (Wildman–Crippen LogP) is 14.8. The number of nitrogens with one attached hydrogen (secondary N) is 6. The van der Waals surface area contributed by atoms with Gasteiger partial charge in [0, 0.05) is 139 Å². The van der Waals surface area contributed by atoms with Crippen molar-refractivity contribution < 1.29 is 66.8 Å². The molecule has 15 rings (SSSR count). The maximum Gasteiger partial charge on any atom is 0.416 e. The Morgan fingerprint density at radius 3 is 1.52 bits per heavy atom. The number of aromatic nitrogens is 6. The van der Waals surface area contributed by atoms with Crippen LogP contribution in [0.1, 0.15) is 157 Å². The van der Waals surface area contributed by atoms with E-state index < -0.39 is 24.7 Å². The highest BCUT2D eigenvalue weighted by Crippen LogP contribution is 2.41. The largest absolute Gasteiger partial charge is 0.493 e. The molecule has 5 aliphatic rings. The van der Waals surface area contributed by atoms with Crippen molar-refractivity contribution in [2.75, 3.05) is 76.3 Å². The molecule has 0 saturated carbocycles. The summed E-state index contributed by atoms with van der Waals surface area (Å²) in [5.74, 6) is -0.744. The monoisotopic (exact) mass is 1640 g/mol. The maximum atomic E-state index is 14.2. The van der Waals surface area contributed by atoms with Gasteiger partial charge in [0.05, 0.1) is 82.9 Å². The molecule has 9 amide bonds. The van der Waals surface area contributed by atoms with Gasteiger partial charge in [-0.05, 0) is 192 Å². The molecule has 11 heterocycles. The lowest BCUT2D eigenvalue weighted by molar-refractivity contribution is -0.198. The number of piperidine rings is 2. The fourth-order valence-electron chi connectivity index (χ4n) is 15.5. The summed E-state index contributed by atoms with van der Waals surface area (Å²) in [6.45, 7) is 9.73. The van der Waals surface area contributed by atoms with Crippen molar-refractivity contribution in [3.63, 3.8) is 0 Å². The van der Waals surface area contributed by atoms with Crippen LogP contribution in [-0.2, 0) is 52.0 Å². The minimum atomic E-state index is -0.863. The van der Waals surface area contributed by atoms with Crippen molar-refractivity contribution in [3.05, 3.63) is 229 Å². The van der Waals surface area contributed by atoms with Crippen molar-refractivity contribution in [1.29, 1.82) is 0 Å². The van der Waals surface area contributed by atoms with E-state index in [0.717, 1.165) is 79.3 Å². The Kier molecular flexibility index (Phi) is 26.5. The van der Waals surface area contributed by atoms with Crippen molar-refractivity contribution in [3.8, 4) is 33.8 Å². The van der Waals surface area contributed by atoms with E-state index in [9.17, 15) is 43.2 Å². The number of ether oxygens (including phenoxy) is 5. The van der Waals surface area contributed by atoms with E-state index in [0.29, 0.717) is 142 Å².